The molecule has 1 aromatic heterocycles. The Morgan fingerprint density at radius 2 is 2.08 bits per heavy atom. The molecule has 0 aliphatic heterocycles. The molecule has 0 unspecified atom stereocenters. The molecular formula is C9H7FN2O. The van der Waals surface area contributed by atoms with E-state index in [0.29, 0.717) is 11.3 Å². The van der Waals surface area contributed by atoms with Gasteiger partial charge in [-0.1, -0.05) is 17.3 Å². The lowest BCUT2D eigenvalue weighted by Gasteiger charge is -1.95. The van der Waals surface area contributed by atoms with Crippen molar-refractivity contribution >= 4 is 5.82 Å². The second kappa shape index (κ2) is 2.90. The summed E-state index contributed by atoms with van der Waals surface area (Å²) in [6.07, 6.45) is 0. The normalized spacial score (nSPS) is 10.2. The summed E-state index contributed by atoms with van der Waals surface area (Å²) in [5.74, 6) is 0.243. The molecule has 0 fully saturated rings. The van der Waals surface area contributed by atoms with Crippen molar-refractivity contribution < 1.29 is 8.91 Å². The highest BCUT2D eigenvalue weighted by molar-refractivity contribution is 5.60. The maximum atomic E-state index is 13.2. The van der Waals surface area contributed by atoms with Gasteiger partial charge in [0.1, 0.15) is 5.82 Å². The van der Waals surface area contributed by atoms with Crippen LogP contribution in [0, 0.1) is 5.82 Å². The first-order valence-electron chi connectivity index (χ1n) is 3.74. The van der Waals surface area contributed by atoms with Crippen LogP contribution in [-0.4, -0.2) is 5.16 Å². The van der Waals surface area contributed by atoms with Crippen LogP contribution in [0.2, 0.25) is 0 Å². The molecule has 0 bridgehead atoms. The molecule has 66 valence electrons. The predicted molar refractivity (Wildman–Crippen MR) is 46.3 cm³/mol. The molecule has 0 spiro atoms. The average Bonchev–Trinajstić information content (AvgIpc) is 2.53. The highest BCUT2D eigenvalue weighted by Crippen LogP contribution is 2.23. The van der Waals surface area contributed by atoms with Gasteiger partial charge in [0, 0.05) is 6.07 Å². The first-order valence-corrected chi connectivity index (χ1v) is 3.74. The Balaban J connectivity index is 2.52. The van der Waals surface area contributed by atoms with E-state index in [9.17, 15) is 4.39 Å². The van der Waals surface area contributed by atoms with Crippen LogP contribution in [-0.2, 0) is 0 Å². The molecule has 13 heavy (non-hydrogen) atoms. The first kappa shape index (κ1) is 7.79. The number of aromatic nitrogens is 1. The number of nitrogen functional groups attached to an aromatic ring is 1. The molecule has 1 heterocycles. The van der Waals surface area contributed by atoms with E-state index in [4.69, 9.17) is 10.3 Å². The predicted octanol–water partition coefficient (Wildman–Crippen LogP) is 2.06. The Bertz CT molecular complexity index is 425. The van der Waals surface area contributed by atoms with Gasteiger partial charge >= 0.3 is 0 Å². The Labute approximate surface area is 74.0 Å². The van der Waals surface area contributed by atoms with Gasteiger partial charge in [0.2, 0.25) is 0 Å². The second-order valence-corrected chi connectivity index (χ2v) is 2.60. The smallest absolute Gasteiger partial charge is 0.172 e. The number of anilines is 1. The van der Waals surface area contributed by atoms with Gasteiger partial charge in [-0.2, -0.15) is 0 Å². The number of hydrogen-bond acceptors (Lipinski definition) is 3. The van der Waals surface area contributed by atoms with Gasteiger partial charge in [-0.3, -0.25) is 0 Å². The highest BCUT2D eigenvalue weighted by atomic mass is 19.1. The largest absolute Gasteiger partial charge is 0.381 e. The van der Waals surface area contributed by atoms with Crippen molar-refractivity contribution in [3.63, 3.8) is 0 Å². The van der Waals surface area contributed by atoms with Crippen molar-refractivity contribution in [1.82, 2.24) is 5.16 Å². The summed E-state index contributed by atoms with van der Waals surface area (Å²) in [7, 11) is 0. The van der Waals surface area contributed by atoms with Crippen molar-refractivity contribution in [3.05, 3.63) is 36.1 Å². The van der Waals surface area contributed by atoms with E-state index in [1.54, 1.807) is 18.2 Å². The van der Waals surface area contributed by atoms with Crippen LogP contribution in [0.3, 0.4) is 0 Å². The minimum absolute atomic E-state index is 0.248. The fourth-order valence-electron chi connectivity index (χ4n) is 1.08. The third kappa shape index (κ3) is 1.38. The summed E-state index contributed by atoms with van der Waals surface area (Å²) >= 11 is 0. The monoisotopic (exact) mass is 178 g/mol. The topological polar surface area (TPSA) is 52.0 Å². The summed E-state index contributed by atoms with van der Waals surface area (Å²) in [5, 5.41) is 3.47. The molecule has 0 amide bonds. The van der Waals surface area contributed by atoms with E-state index >= 15 is 0 Å². The SMILES string of the molecule is Nc1cc(-c2ccccc2F)on1. The maximum Gasteiger partial charge on any atom is 0.172 e. The lowest BCUT2D eigenvalue weighted by Crippen LogP contribution is -1.81. The fourth-order valence-corrected chi connectivity index (χ4v) is 1.08. The van der Waals surface area contributed by atoms with Crippen LogP contribution in [0.4, 0.5) is 10.2 Å². The first-order chi connectivity index (χ1) is 6.27. The number of rotatable bonds is 1. The van der Waals surface area contributed by atoms with Crippen LogP contribution < -0.4 is 5.73 Å². The van der Waals surface area contributed by atoms with E-state index in [0.717, 1.165) is 0 Å². The molecule has 2 rings (SSSR count). The Hall–Kier alpha value is -1.84. The molecular weight excluding hydrogens is 171 g/mol. The third-order valence-electron chi connectivity index (χ3n) is 1.67. The molecule has 0 radical (unpaired) electrons. The van der Waals surface area contributed by atoms with Crippen LogP contribution in [0.1, 0.15) is 0 Å². The summed E-state index contributed by atoms with van der Waals surface area (Å²) in [5.41, 5.74) is 5.71. The quantitative estimate of drug-likeness (QED) is 0.727. The minimum atomic E-state index is -0.348. The lowest BCUT2D eigenvalue weighted by atomic mass is 10.1. The summed E-state index contributed by atoms with van der Waals surface area (Å²) < 4.78 is 18.0. The van der Waals surface area contributed by atoms with Gasteiger partial charge in [-0.25, -0.2) is 4.39 Å². The Kier molecular flexibility index (Phi) is 1.73. The van der Waals surface area contributed by atoms with Gasteiger partial charge in [0.25, 0.3) is 0 Å². The molecule has 1 aromatic carbocycles. The fraction of sp³-hybridized carbons (Fsp3) is 0. The average molecular weight is 178 g/mol. The molecule has 0 atom stereocenters. The molecule has 0 saturated heterocycles. The van der Waals surface area contributed by atoms with E-state index in [2.05, 4.69) is 5.16 Å². The van der Waals surface area contributed by atoms with Crippen LogP contribution in [0.25, 0.3) is 11.3 Å². The summed E-state index contributed by atoms with van der Waals surface area (Å²) in [6, 6.07) is 7.78. The number of hydrogen-bond donors (Lipinski definition) is 1. The molecule has 0 aliphatic carbocycles. The highest BCUT2D eigenvalue weighted by Gasteiger charge is 2.08. The molecule has 3 nitrogen and oxygen atoms in total. The zero-order valence-corrected chi connectivity index (χ0v) is 6.70. The molecule has 0 aliphatic rings. The van der Waals surface area contributed by atoms with Gasteiger partial charge in [-0.05, 0) is 12.1 Å². The van der Waals surface area contributed by atoms with E-state index < -0.39 is 0 Å². The van der Waals surface area contributed by atoms with Gasteiger partial charge in [-0.15, -0.1) is 0 Å². The lowest BCUT2D eigenvalue weighted by molar-refractivity contribution is 0.433. The van der Waals surface area contributed by atoms with Gasteiger partial charge < -0.3 is 10.3 Å². The summed E-state index contributed by atoms with van der Waals surface area (Å²) in [4.78, 5) is 0. The van der Waals surface area contributed by atoms with E-state index in [1.165, 1.54) is 12.1 Å². The van der Waals surface area contributed by atoms with E-state index in [1.807, 2.05) is 0 Å². The molecule has 4 heteroatoms. The minimum Gasteiger partial charge on any atom is -0.381 e. The van der Waals surface area contributed by atoms with Crippen LogP contribution in [0.15, 0.2) is 34.9 Å². The van der Waals surface area contributed by atoms with Crippen molar-refractivity contribution in [3.8, 4) is 11.3 Å². The van der Waals surface area contributed by atoms with Crippen LogP contribution in [0.5, 0.6) is 0 Å². The zero-order chi connectivity index (χ0) is 9.26. The number of halogens is 1. The number of nitrogens with zero attached hydrogens (tertiary/aromatic N) is 1. The van der Waals surface area contributed by atoms with E-state index in [-0.39, 0.29) is 11.6 Å². The number of benzene rings is 1. The Morgan fingerprint density at radius 3 is 2.69 bits per heavy atom. The maximum absolute atomic E-state index is 13.2. The molecule has 2 N–H and O–H groups in total. The van der Waals surface area contributed by atoms with Crippen molar-refractivity contribution in [1.29, 1.82) is 0 Å². The van der Waals surface area contributed by atoms with Crippen molar-refractivity contribution in [2.24, 2.45) is 0 Å². The van der Waals surface area contributed by atoms with Crippen molar-refractivity contribution in [2.45, 2.75) is 0 Å². The third-order valence-corrected chi connectivity index (χ3v) is 1.67. The second-order valence-electron chi connectivity index (χ2n) is 2.60. The summed E-state index contributed by atoms with van der Waals surface area (Å²) in [6.45, 7) is 0. The van der Waals surface area contributed by atoms with Crippen molar-refractivity contribution in [2.75, 3.05) is 5.73 Å². The van der Waals surface area contributed by atoms with Gasteiger partial charge in [0.05, 0.1) is 5.56 Å². The van der Waals surface area contributed by atoms with Gasteiger partial charge in [0.15, 0.2) is 11.6 Å². The van der Waals surface area contributed by atoms with Crippen LogP contribution >= 0.6 is 0 Å². The molecule has 2 aromatic rings. The standard InChI is InChI=1S/C9H7FN2O/c10-7-4-2-1-3-6(7)8-5-9(11)12-13-8/h1-5H,(H2,11,12). The Morgan fingerprint density at radius 1 is 1.31 bits per heavy atom. The zero-order valence-electron chi connectivity index (χ0n) is 6.70. The molecule has 0 saturated carbocycles. The number of nitrogens with two attached hydrogens (primary N) is 1.